The lowest BCUT2D eigenvalue weighted by Crippen LogP contribution is -2.34. The van der Waals surface area contributed by atoms with Gasteiger partial charge in [-0.05, 0) is 31.6 Å². The standard InChI is InChI=1S/C12H18O2S/c13-11(9-4-2-1-3-5-9)12-8-10(12)6-7-15(12)14/h9-10H,1-8H2/t10-,12+,15?/m0/s1. The third-order valence-corrected chi connectivity index (χ3v) is 6.62. The monoisotopic (exact) mass is 226 g/mol. The average molecular weight is 226 g/mol. The number of rotatable bonds is 2. The Morgan fingerprint density at radius 1 is 1.13 bits per heavy atom. The first-order valence-corrected chi connectivity index (χ1v) is 7.50. The first-order valence-electron chi connectivity index (χ1n) is 6.18. The summed E-state index contributed by atoms with van der Waals surface area (Å²) in [6, 6.07) is 0. The summed E-state index contributed by atoms with van der Waals surface area (Å²) in [7, 11) is -0.833. The predicted octanol–water partition coefficient (Wildman–Crippen LogP) is 2.05. The van der Waals surface area contributed by atoms with Crippen LogP contribution in [0, 0.1) is 11.8 Å². The highest BCUT2D eigenvalue weighted by molar-refractivity contribution is 7.88. The Bertz CT molecular complexity index is 320. The number of carbonyl (C=O) groups is 1. The van der Waals surface area contributed by atoms with Crippen LogP contribution in [0.1, 0.15) is 44.9 Å². The second-order valence-electron chi connectivity index (χ2n) is 5.33. The van der Waals surface area contributed by atoms with E-state index in [0.29, 0.717) is 11.7 Å². The molecule has 1 unspecified atom stereocenters. The van der Waals surface area contributed by atoms with E-state index in [1.807, 2.05) is 0 Å². The largest absolute Gasteiger partial charge is 0.298 e. The van der Waals surface area contributed by atoms with Crippen molar-refractivity contribution in [2.75, 3.05) is 5.75 Å². The molecule has 0 aromatic carbocycles. The Kier molecular flexibility index (Phi) is 2.27. The van der Waals surface area contributed by atoms with E-state index in [1.165, 1.54) is 19.3 Å². The molecule has 0 N–H and O–H groups in total. The van der Waals surface area contributed by atoms with Gasteiger partial charge in [-0.25, -0.2) is 0 Å². The number of hydrogen-bond acceptors (Lipinski definition) is 2. The molecule has 3 rings (SSSR count). The van der Waals surface area contributed by atoms with Gasteiger partial charge < -0.3 is 0 Å². The van der Waals surface area contributed by atoms with Crippen molar-refractivity contribution in [3.05, 3.63) is 0 Å². The third kappa shape index (κ3) is 1.35. The minimum absolute atomic E-state index is 0.255. The molecule has 15 heavy (non-hydrogen) atoms. The van der Waals surface area contributed by atoms with Gasteiger partial charge in [-0.15, -0.1) is 0 Å². The van der Waals surface area contributed by atoms with Crippen LogP contribution in [-0.4, -0.2) is 20.5 Å². The van der Waals surface area contributed by atoms with E-state index in [9.17, 15) is 9.00 Å². The lowest BCUT2D eigenvalue weighted by molar-refractivity contribution is -0.124. The molecule has 3 atom stereocenters. The van der Waals surface area contributed by atoms with Crippen LogP contribution < -0.4 is 0 Å². The molecule has 84 valence electrons. The summed E-state index contributed by atoms with van der Waals surface area (Å²) in [6.07, 6.45) is 7.77. The highest BCUT2D eigenvalue weighted by Crippen LogP contribution is 2.58. The fraction of sp³-hybridized carbons (Fsp3) is 0.917. The third-order valence-electron chi connectivity index (χ3n) is 4.50. The molecule has 2 nitrogen and oxygen atoms in total. The molecule has 0 spiro atoms. The molecular formula is C12H18O2S. The quantitative estimate of drug-likeness (QED) is 0.722. The van der Waals surface area contributed by atoms with Crippen molar-refractivity contribution in [2.45, 2.75) is 49.7 Å². The zero-order valence-corrected chi connectivity index (χ0v) is 9.85. The maximum absolute atomic E-state index is 12.4. The van der Waals surface area contributed by atoms with Crippen LogP contribution in [0.15, 0.2) is 0 Å². The van der Waals surface area contributed by atoms with E-state index in [1.54, 1.807) is 0 Å². The smallest absolute Gasteiger partial charge is 0.154 e. The van der Waals surface area contributed by atoms with Crippen LogP contribution >= 0.6 is 0 Å². The summed E-state index contributed by atoms with van der Waals surface area (Å²) in [6.45, 7) is 0. The van der Waals surface area contributed by atoms with E-state index >= 15 is 0 Å². The molecule has 0 bridgehead atoms. The average Bonchev–Trinajstić information content (AvgIpc) is 2.94. The first-order chi connectivity index (χ1) is 7.25. The number of fused-ring (bicyclic) bond motifs is 1. The van der Waals surface area contributed by atoms with Crippen LogP contribution in [0.3, 0.4) is 0 Å². The lowest BCUT2D eigenvalue weighted by atomic mass is 9.84. The van der Waals surface area contributed by atoms with Crippen molar-refractivity contribution in [1.82, 2.24) is 0 Å². The Balaban J connectivity index is 1.77. The number of hydrogen-bond donors (Lipinski definition) is 0. The SMILES string of the molecule is O=C(C1CCCCC1)[C@@]12C[C@@H]1CCS2=O. The zero-order chi connectivity index (χ0) is 10.5. The van der Waals surface area contributed by atoms with Gasteiger partial charge in [-0.2, -0.15) is 0 Å². The van der Waals surface area contributed by atoms with E-state index in [0.717, 1.165) is 31.4 Å². The van der Waals surface area contributed by atoms with Crippen LogP contribution in [0.2, 0.25) is 0 Å². The summed E-state index contributed by atoms with van der Waals surface area (Å²) in [5, 5.41) is 0. The van der Waals surface area contributed by atoms with E-state index in [4.69, 9.17) is 0 Å². The van der Waals surface area contributed by atoms with E-state index < -0.39 is 10.8 Å². The van der Waals surface area contributed by atoms with Gasteiger partial charge in [0, 0.05) is 22.5 Å². The zero-order valence-electron chi connectivity index (χ0n) is 9.04. The number of ketones is 1. The summed E-state index contributed by atoms with van der Waals surface area (Å²) < 4.78 is 11.6. The normalized spacial score (nSPS) is 45.1. The Morgan fingerprint density at radius 3 is 2.40 bits per heavy atom. The van der Waals surface area contributed by atoms with E-state index in [2.05, 4.69) is 0 Å². The highest BCUT2D eigenvalue weighted by atomic mass is 32.2. The summed E-state index contributed by atoms with van der Waals surface area (Å²) in [5.41, 5.74) is 0. The maximum atomic E-state index is 12.4. The number of Topliss-reactive ketones (excluding diaryl/α,β-unsaturated/α-hetero) is 1. The Hall–Kier alpha value is -0.180. The van der Waals surface area contributed by atoms with Gasteiger partial charge in [0.15, 0.2) is 5.78 Å². The van der Waals surface area contributed by atoms with Crippen molar-refractivity contribution in [1.29, 1.82) is 0 Å². The molecule has 1 aliphatic heterocycles. The molecule has 0 radical (unpaired) electrons. The molecular weight excluding hydrogens is 208 g/mol. The lowest BCUT2D eigenvalue weighted by Gasteiger charge is -2.23. The highest BCUT2D eigenvalue weighted by Gasteiger charge is 2.67. The van der Waals surface area contributed by atoms with Gasteiger partial charge >= 0.3 is 0 Å². The molecule has 0 aromatic heterocycles. The topological polar surface area (TPSA) is 34.1 Å². The van der Waals surface area contributed by atoms with Gasteiger partial charge in [0.1, 0.15) is 4.75 Å². The molecule has 3 heteroatoms. The summed E-state index contributed by atoms with van der Waals surface area (Å²) >= 11 is 0. The minimum Gasteiger partial charge on any atom is -0.298 e. The summed E-state index contributed by atoms with van der Waals surface area (Å²) in [5.74, 6) is 1.91. The van der Waals surface area contributed by atoms with E-state index in [-0.39, 0.29) is 10.7 Å². The van der Waals surface area contributed by atoms with Crippen LogP contribution in [-0.2, 0) is 15.6 Å². The van der Waals surface area contributed by atoms with Crippen molar-refractivity contribution in [2.24, 2.45) is 11.8 Å². The van der Waals surface area contributed by atoms with Crippen LogP contribution in [0.5, 0.6) is 0 Å². The molecule has 0 amide bonds. The maximum Gasteiger partial charge on any atom is 0.154 e. The molecule has 1 saturated heterocycles. The van der Waals surface area contributed by atoms with Crippen molar-refractivity contribution < 1.29 is 9.00 Å². The Labute approximate surface area is 93.3 Å². The second-order valence-corrected chi connectivity index (χ2v) is 7.16. The van der Waals surface area contributed by atoms with Crippen LogP contribution in [0.25, 0.3) is 0 Å². The number of carbonyl (C=O) groups excluding carboxylic acids is 1. The van der Waals surface area contributed by atoms with Gasteiger partial charge in [-0.1, -0.05) is 19.3 Å². The van der Waals surface area contributed by atoms with Gasteiger partial charge in [-0.3, -0.25) is 9.00 Å². The molecule has 2 aliphatic carbocycles. The van der Waals surface area contributed by atoms with Crippen molar-refractivity contribution in [3.63, 3.8) is 0 Å². The summed E-state index contributed by atoms with van der Waals surface area (Å²) in [4.78, 5) is 12.4. The van der Waals surface area contributed by atoms with Gasteiger partial charge in [0.05, 0.1) is 0 Å². The Morgan fingerprint density at radius 2 is 1.87 bits per heavy atom. The molecule has 3 fully saturated rings. The molecule has 0 aromatic rings. The molecule has 1 heterocycles. The first kappa shape index (κ1) is 10.0. The fourth-order valence-corrected chi connectivity index (χ4v) is 5.61. The predicted molar refractivity (Wildman–Crippen MR) is 60.0 cm³/mol. The fourth-order valence-electron chi connectivity index (χ4n) is 3.48. The molecule has 3 aliphatic rings. The minimum atomic E-state index is -0.833. The van der Waals surface area contributed by atoms with Crippen molar-refractivity contribution >= 4 is 16.6 Å². The molecule has 2 saturated carbocycles. The van der Waals surface area contributed by atoms with Crippen molar-refractivity contribution in [3.8, 4) is 0 Å². The van der Waals surface area contributed by atoms with Gasteiger partial charge in [0.2, 0.25) is 0 Å². The van der Waals surface area contributed by atoms with Crippen LogP contribution in [0.4, 0.5) is 0 Å². The second kappa shape index (κ2) is 3.41. The van der Waals surface area contributed by atoms with Gasteiger partial charge in [0.25, 0.3) is 0 Å².